The molecule has 1 unspecified atom stereocenters. The molecule has 9 heteroatoms. The number of carbonyl (C=O) groups is 1. The fourth-order valence-electron chi connectivity index (χ4n) is 3.22. The van der Waals surface area contributed by atoms with Crippen molar-refractivity contribution in [3.8, 4) is 5.75 Å². The highest BCUT2D eigenvalue weighted by molar-refractivity contribution is 7.98. The molecule has 158 valence electrons. The Kier molecular flexibility index (Phi) is 7.05. The highest BCUT2D eigenvalue weighted by atomic mass is 35.5. The van der Waals surface area contributed by atoms with E-state index in [4.69, 9.17) is 37.7 Å². The van der Waals surface area contributed by atoms with Crippen molar-refractivity contribution >= 4 is 67.6 Å². The maximum absolute atomic E-state index is 13.1. The summed E-state index contributed by atoms with van der Waals surface area (Å²) in [5, 5.41) is 1.53. The number of thiazole rings is 1. The molecule has 1 aliphatic rings. The van der Waals surface area contributed by atoms with Gasteiger partial charge in [-0.05, 0) is 55.5 Å². The highest BCUT2D eigenvalue weighted by Gasteiger charge is 2.26. The van der Waals surface area contributed by atoms with Gasteiger partial charge in [-0.3, -0.25) is 9.69 Å². The van der Waals surface area contributed by atoms with Crippen molar-refractivity contribution in [1.82, 2.24) is 4.98 Å². The first-order valence-corrected chi connectivity index (χ1v) is 12.3. The summed E-state index contributed by atoms with van der Waals surface area (Å²) in [7, 11) is 0. The van der Waals surface area contributed by atoms with Crippen LogP contribution < -0.4 is 9.64 Å². The second-order valence-corrected chi connectivity index (χ2v) is 9.57. The molecule has 1 saturated heterocycles. The third kappa shape index (κ3) is 5.03. The van der Waals surface area contributed by atoms with Crippen molar-refractivity contribution < 1.29 is 14.3 Å². The number of ether oxygens (including phenoxy) is 2. The number of aromatic nitrogens is 1. The molecule has 1 amide bonds. The van der Waals surface area contributed by atoms with E-state index in [1.165, 1.54) is 11.3 Å². The minimum Gasteiger partial charge on any atom is -0.482 e. The standard InChI is InChI=1S/C21H20Cl2N2O3S2/c1-29-15-5-6-17-19(10-15)30-21(24-17)25(11-14-3-2-8-27-14)20(26)12-28-18-7-4-13(22)9-16(18)23/h4-7,9-10,14H,2-3,8,11-12H2,1H3. The summed E-state index contributed by atoms with van der Waals surface area (Å²) in [4.78, 5) is 20.6. The number of benzene rings is 2. The maximum Gasteiger partial charge on any atom is 0.266 e. The number of hydrogen-bond donors (Lipinski definition) is 0. The van der Waals surface area contributed by atoms with E-state index in [0.717, 1.165) is 34.6 Å². The molecule has 0 bridgehead atoms. The molecule has 1 fully saturated rings. The van der Waals surface area contributed by atoms with Gasteiger partial charge in [0.25, 0.3) is 5.91 Å². The molecule has 0 N–H and O–H groups in total. The molecule has 2 aromatic carbocycles. The van der Waals surface area contributed by atoms with Gasteiger partial charge < -0.3 is 9.47 Å². The van der Waals surface area contributed by atoms with E-state index in [0.29, 0.717) is 27.5 Å². The van der Waals surface area contributed by atoms with Gasteiger partial charge in [0.05, 0.1) is 27.9 Å². The molecule has 30 heavy (non-hydrogen) atoms. The topological polar surface area (TPSA) is 51.7 Å². The molecule has 0 saturated carbocycles. The lowest BCUT2D eigenvalue weighted by Gasteiger charge is -2.23. The fourth-order valence-corrected chi connectivity index (χ4v) is 5.23. The van der Waals surface area contributed by atoms with E-state index < -0.39 is 0 Å². The van der Waals surface area contributed by atoms with E-state index in [2.05, 4.69) is 6.07 Å². The highest BCUT2D eigenvalue weighted by Crippen LogP contribution is 2.33. The van der Waals surface area contributed by atoms with Crippen LogP contribution in [-0.4, -0.2) is 43.0 Å². The van der Waals surface area contributed by atoms with Crippen molar-refractivity contribution in [2.24, 2.45) is 0 Å². The van der Waals surface area contributed by atoms with Crippen LogP contribution in [0.3, 0.4) is 0 Å². The van der Waals surface area contributed by atoms with Crippen LogP contribution in [-0.2, 0) is 9.53 Å². The molecule has 3 aromatic rings. The molecule has 0 aliphatic carbocycles. The summed E-state index contributed by atoms with van der Waals surface area (Å²) in [6, 6.07) is 11.0. The van der Waals surface area contributed by atoms with E-state index >= 15 is 0 Å². The van der Waals surface area contributed by atoms with E-state index in [9.17, 15) is 4.79 Å². The van der Waals surface area contributed by atoms with Crippen LogP contribution in [0.2, 0.25) is 10.0 Å². The number of hydrogen-bond acceptors (Lipinski definition) is 6. The lowest BCUT2D eigenvalue weighted by atomic mass is 10.2. The normalized spacial score (nSPS) is 16.2. The summed E-state index contributed by atoms with van der Waals surface area (Å²) in [5.41, 5.74) is 0.875. The number of anilines is 1. The SMILES string of the molecule is CSc1ccc2nc(N(CC3CCCO3)C(=O)COc3ccc(Cl)cc3Cl)sc2c1. The Morgan fingerprint density at radius 1 is 1.33 bits per heavy atom. The van der Waals surface area contributed by atoms with Gasteiger partial charge in [0, 0.05) is 16.5 Å². The Labute approximate surface area is 193 Å². The number of amides is 1. The van der Waals surface area contributed by atoms with Crippen LogP contribution in [0, 0.1) is 0 Å². The first-order valence-electron chi connectivity index (χ1n) is 9.48. The lowest BCUT2D eigenvalue weighted by molar-refractivity contribution is -0.120. The molecule has 4 rings (SSSR count). The summed E-state index contributed by atoms with van der Waals surface area (Å²) in [6.45, 7) is 1.02. The number of nitrogens with zero attached hydrogens (tertiary/aromatic N) is 2. The first kappa shape index (κ1) is 21.7. The lowest BCUT2D eigenvalue weighted by Crippen LogP contribution is -2.40. The molecule has 0 spiro atoms. The Morgan fingerprint density at radius 3 is 2.93 bits per heavy atom. The van der Waals surface area contributed by atoms with Gasteiger partial charge in [0.1, 0.15) is 5.75 Å². The van der Waals surface area contributed by atoms with Crippen molar-refractivity contribution in [1.29, 1.82) is 0 Å². The second kappa shape index (κ2) is 9.75. The molecule has 1 aromatic heterocycles. The average Bonchev–Trinajstić information content (AvgIpc) is 3.39. The third-order valence-electron chi connectivity index (χ3n) is 4.77. The van der Waals surface area contributed by atoms with E-state index in [1.807, 2.05) is 18.4 Å². The van der Waals surface area contributed by atoms with Gasteiger partial charge in [0.2, 0.25) is 0 Å². The van der Waals surface area contributed by atoms with Gasteiger partial charge in [0.15, 0.2) is 11.7 Å². The maximum atomic E-state index is 13.1. The first-order chi connectivity index (χ1) is 14.5. The molecule has 1 aliphatic heterocycles. The number of thioether (sulfide) groups is 1. The largest absolute Gasteiger partial charge is 0.482 e. The Balaban J connectivity index is 1.56. The van der Waals surface area contributed by atoms with Crippen LogP contribution in [0.25, 0.3) is 10.2 Å². The summed E-state index contributed by atoms with van der Waals surface area (Å²) in [6.07, 6.45) is 3.97. The van der Waals surface area contributed by atoms with Crippen molar-refractivity contribution in [3.63, 3.8) is 0 Å². The summed E-state index contributed by atoms with van der Waals surface area (Å²) < 4.78 is 12.5. The monoisotopic (exact) mass is 482 g/mol. The van der Waals surface area contributed by atoms with Gasteiger partial charge >= 0.3 is 0 Å². The molecular formula is C21H20Cl2N2O3S2. The number of fused-ring (bicyclic) bond motifs is 1. The molecule has 1 atom stereocenters. The van der Waals surface area contributed by atoms with Crippen LogP contribution >= 0.6 is 46.3 Å². The zero-order valence-electron chi connectivity index (χ0n) is 16.3. The predicted octanol–water partition coefficient (Wildman–Crippen LogP) is 5.92. The molecular weight excluding hydrogens is 463 g/mol. The fraction of sp³-hybridized carbons (Fsp3) is 0.333. The number of rotatable bonds is 7. The van der Waals surface area contributed by atoms with Crippen molar-refractivity contribution in [2.75, 3.05) is 30.9 Å². The quantitative estimate of drug-likeness (QED) is 0.391. The van der Waals surface area contributed by atoms with Crippen LogP contribution in [0.1, 0.15) is 12.8 Å². The van der Waals surface area contributed by atoms with Gasteiger partial charge in [-0.15, -0.1) is 11.8 Å². The third-order valence-corrected chi connectivity index (χ3v) is 7.07. The van der Waals surface area contributed by atoms with Gasteiger partial charge in [-0.2, -0.15) is 0 Å². The predicted molar refractivity (Wildman–Crippen MR) is 125 cm³/mol. The van der Waals surface area contributed by atoms with Crippen molar-refractivity contribution in [2.45, 2.75) is 23.8 Å². The minimum atomic E-state index is -0.194. The zero-order valence-corrected chi connectivity index (χ0v) is 19.4. The Morgan fingerprint density at radius 2 is 2.20 bits per heavy atom. The molecule has 0 radical (unpaired) electrons. The van der Waals surface area contributed by atoms with Gasteiger partial charge in [-0.1, -0.05) is 34.5 Å². The summed E-state index contributed by atoms with van der Waals surface area (Å²) in [5.74, 6) is 0.223. The second-order valence-electron chi connectivity index (χ2n) is 6.83. The minimum absolute atomic E-state index is 0.00170. The smallest absolute Gasteiger partial charge is 0.266 e. The van der Waals surface area contributed by atoms with E-state index in [-0.39, 0.29) is 18.6 Å². The van der Waals surface area contributed by atoms with Crippen LogP contribution in [0.4, 0.5) is 5.13 Å². The van der Waals surface area contributed by atoms with Crippen LogP contribution in [0.15, 0.2) is 41.3 Å². The number of halogens is 2. The molecule has 5 nitrogen and oxygen atoms in total. The van der Waals surface area contributed by atoms with E-state index in [1.54, 1.807) is 34.9 Å². The number of carbonyl (C=O) groups excluding carboxylic acids is 1. The molecule has 2 heterocycles. The van der Waals surface area contributed by atoms with Crippen LogP contribution in [0.5, 0.6) is 5.75 Å². The Bertz CT molecular complexity index is 1050. The van der Waals surface area contributed by atoms with Gasteiger partial charge in [-0.25, -0.2) is 4.98 Å². The average molecular weight is 483 g/mol. The zero-order chi connectivity index (χ0) is 21.1. The Hall–Kier alpha value is -1.51. The van der Waals surface area contributed by atoms with Crippen molar-refractivity contribution in [3.05, 3.63) is 46.4 Å². The summed E-state index contributed by atoms with van der Waals surface area (Å²) >= 11 is 15.3.